The highest BCUT2D eigenvalue weighted by Crippen LogP contribution is 2.15. The highest BCUT2D eigenvalue weighted by Gasteiger charge is 2.01. The zero-order valence-corrected chi connectivity index (χ0v) is 7.95. The van der Waals surface area contributed by atoms with Crippen LogP contribution in [0.25, 0.3) is 0 Å². The number of hydrogen-bond donors (Lipinski definition) is 2. The van der Waals surface area contributed by atoms with Gasteiger partial charge in [0, 0.05) is 23.2 Å². The third-order valence-electron chi connectivity index (χ3n) is 1.51. The van der Waals surface area contributed by atoms with Gasteiger partial charge in [0.15, 0.2) is 5.13 Å². The average Bonchev–Trinajstić information content (AvgIpc) is 2.36. The summed E-state index contributed by atoms with van der Waals surface area (Å²) in [6.45, 7) is 2.08. The van der Waals surface area contributed by atoms with Crippen LogP contribution in [0.2, 0.25) is 0 Å². The van der Waals surface area contributed by atoms with Gasteiger partial charge in [-0.15, -0.1) is 11.3 Å². The second-order valence-corrected chi connectivity index (χ2v) is 3.84. The summed E-state index contributed by atoms with van der Waals surface area (Å²) in [5, 5.41) is 8.17. The topological polar surface area (TPSA) is 62.8 Å². The molecule has 1 aromatic heterocycles. The quantitative estimate of drug-likeness (QED) is 0.702. The lowest BCUT2D eigenvalue weighted by atomic mass is 10.1. The smallest absolute Gasteiger partial charge is 0.180 e. The zero-order chi connectivity index (χ0) is 8.97. The first kappa shape index (κ1) is 9.19. The fraction of sp³-hybridized carbons (Fsp3) is 0.500. The Labute approximate surface area is 76.1 Å². The maximum absolute atomic E-state index is 7.57. The molecule has 3 nitrogen and oxygen atoms in total. The second-order valence-electron chi connectivity index (χ2n) is 2.70. The van der Waals surface area contributed by atoms with Crippen molar-refractivity contribution in [2.24, 2.45) is 0 Å². The lowest BCUT2D eigenvalue weighted by Crippen LogP contribution is -1.98. The van der Waals surface area contributed by atoms with Crippen molar-refractivity contribution in [3.63, 3.8) is 0 Å². The van der Waals surface area contributed by atoms with Crippen LogP contribution in [0.3, 0.4) is 0 Å². The summed E-state index contributed by atoms with van der Waals surface area (Å²) in [5.74, 6) is 0. The van der Waals surface area contributed by atoms with Crippen LogP contribution in [-0.4, -0.2) is 10.7 Å². The van der Waals surface area contributed by atoms with Crippen LogP contribution in [0.5, 0.6) is 0 Å². The molecule has 0 radical (unpaired) electrons. The molecule has 0 saturated heterocycles. The Morgan fingerprint density at radius 3 is 3.00 bits per heavy atom. The van der Waals surface area contributed by atoms with Crippen LogP contribution in [0.4, 0.5) is 5.13 Å². The Bertz CT molecular complexity index is 267. The first-order valence-electron chi connectivity index (χ1n) is 3.99. The van der Waals surface area contributed by atoms with Crippen molar-refractivity contribution in [1.82, 2.24) is 4.98 Å². The molecule has 0 spiro atoms. The van der Waals surface area contributed by atoms with Crippen molar-refractivity contribution in [2.75, 3.05) is 5.73 Å². The van der Waals surface area contributed by atoms with Crippen LogP contribution in [0, 0.1) is 5.41 Å². The number of hydrogen-bond acceptors (Lipinski definition) is 4. The third-order valence-corrected chi connectivity index (χ3v) is 2.34. The minimum atomic E-state index is 0.592. The molecule has 1 rings (SSSR count). The average molecular weight is 183 g/mol. The fourth-order valence-corrected chi connectivity index (χ4v) is 1.73. The number of rotatable bonds is 4. The molecule has 0 aromatic carbocycles. The number of thiazole rings is 1. The van der Waals surface area contributed by atoms with Crippen LogP contribution in [0.1, 0.15) is 24.6 Å². The lowest BCUT2D eigenvalue weighted by molar-refractivity contribution is 0.967. The van der Waals surface area contributed by atoms with E-state index in [1.807, 2.05) is 0 Å². The summed E-state index contributed by atoms with van der Waals surface area (Å²) in [6.07, 6.45) is 4.37. The molecule has 12 heavy (non-hydrogen) atoms. The number of aromatic nitrogens is 1. The molecule has 0 unspecified atom stereocenters. The summed E-state index contributed by atoms with van der Waals surface area (Å²) in [5.41, 5.74) is 6.23. The molecule has 0 aliphatic carbocycles. The molecule has 1 heterocycles. The van der Waals surface area contributed by atoms with Crippen LogP contribution in [0.15, 0.2) is 6.20 Å². The monoisotopic (exact) mass is 183 g/mol. The van der Waals surface area contributed by atoms with Crippen LogP contribution >= 0.6 is 11.3 Å². The molecule has 0 amide bonds. The van der Waals surface area contributed by atoms with Gasteiger partial charge < -0.3 is 11.1 Å². The van der Waals surface area contributed by atoms with E-state index in [9.17, 15) is 0 Å². The van der Waals surface area contributed by atoms with Crippen LogP contribution in [-0.2, 0) is 6.42 Å². The molecule has 0 aliphatic heterocycles. The van der Waals surface area contributed by atoms with E-state index in [1.54, 1.807) is 6.20 Å². The van der Waals surface area contributed by atoms with E-state index in [2.05, 4.69) is 11.9 Å². The Kier molecular flexibility index (Phi) is 3.22. The largest absolute Gasteiger partial charge is 0.375 e. The van der Waals surface area contributed by atoms with Gasteiger partial charge in [0.2, 0.25) is 0 Å². The number of anilines is 1. The van der Waals surface area contributed by atoms with Crippen molar-refractivity contribution in [3.8, 4) is 0 Å². The highest BCUT2D eigenvalue weighted by atomic mass is 32.1. The first-order valence-corrected chi connectivity index (χ1v) is 4.80. The van der Waals surface area contributed by atoms with E-state index in [-0.39, 0.29) is 0 Å². The molecule has 0 saturated carbocycles. The van der Waals surface area contributed by atoms with Gasteiger partial charge in [0.05, 0.1) is 0 Å². The van der Waals surface area contributed by atoms with Gasteiger partial charge in [-0.05, 0) is 6.42 Å². The number of nitrogens with zero attached hydrogens (tertiary/aromatic N) is 1. The van der Waals surface area contributed by atoms with Gasteiger partial charge in [0.25, 0.3) is 0 Å². The molecule has 66 valence electrons. The molecule has 0 fully saturated rings. The van der Waals surface area contributed by atoms with Gasteiger partial charge in [-0.2, -0.15) is 0 Å². The number of nitrogen functional groups attached to an aromatic ring is 1. The van der Waals surface area contributed by atoms with Crippen molar-refractivity contribution in [2.45, 2.75) is 26.2 Å². The van der Waals surface area contributed by atoms with Gasteiger partial charge in [-0.3, -0.25) is 0 Å². The van der Waals surface area contributed by atoms with Crippen molar-refractivity contribution in [3.05, 3.63) is 11.1 Å². The SMILES string of the molecule is CCCC(=N)Cc1cnc(N)s1. The molecule has 4 heteroatoms. The van der Waals surface area contributed by atoms with Gasteiger partial charge >= 0.3 is 0 Å². The predicted molar refractivity (Wildman–Crippen MR) is 52.9 cm³/mol. The lowest BCUT2D eigenvalue weighted by Gasteiger charge is -1.97. The van der Waals surface area contributed by atoms with Gasteiger partial charge in [-0.1, -0.05) is 13.3 Å². The normalized spacial score (nSPS) is 10.1. The zero-order valence-electron chi connectivity index (χ0n) is 7.13. The molecule has 0 atom stereocenters. The molecule has 0 bridgehead atoms. The summed E-state index contributed by atoms with van der Waals surface area (Å²) in [6, 6.07) is 0. The predicted octanol–water partition coefficient (Wildman–Crippen LogP) is 2.09. The van der Waals surface area contributed by atoms with Gasteiger partial charge in [0.1, 0.15) is 0 Å². The van der Waals surface area contributed by atoms with Crippen molar-refractivity contribution < 1.29 is 0 Å². The van der Waals surface area contributed by atoms with E-state index in [4.69, 9.17) is 11.1 Å². The maximum atomic E-state index is 7.57. The van der Waals surface area contributed by atoms with E-state index in [0.717, 1.165) is 23.4 Å². The highest BCUT2D eigenvalue weighted by molar-refractivity contribution is 7.15. The van der Waals surface area contributed by atoms with E-state index < -0.39 is 0 Å². The summed E-state index contributed by atoms with van der Waals surface area (Å²) in [4.78, 5) is 5.02. The Balaban J connectivity index is 2.46. The van der Waals surface area contributed by atoms with Crippen molar-refractivity contribution >= 4 is 22.2 Å². The molecule has 3 N–H and O–H groups in total. The number of nitrogens with two attached hydrogens (primary N) is 1. The Morgan fingerprint density at radius 2 is 2.50 bits per heavy atom. The van der Waals surface area contributed by atoms with E-state index in [1.165, 1.54) is 11.3 Å². The minimum absolute atomic E-state index is 0.592. The second kappa shape index (κ2) is 4.21. The summed E-state index contributed by atoms with van der Waals surface area (Å²) < 4.78 is 0. The van der Waals surface area contributed by atoms with Crippen LogP contribution < -0.4 is 5.73 Å². The fourth-order valence-electron chi connectivity index (χ4n) is 1.00. The summed E-state index contributed by atoms with van der Waals surface area (Å²) >= 11 is 1.47. The van der Waals surface area contributed by atoms with E-state index >= 15 is 0 Å². The summed E-state index contributed by atoms with van der Waals surface area (Å²) in [7, 11) is 0. The van der Waals surface area contributed by atoms with E-state index in [0.29, 0.717) is 11.6 Å². The Morgan fingerprint density at radius 1 is 1.75 bits per heavy atom. The maximum Gasteiger partial charge on any atom is 0.180 e. The molecule has 0 aliphatic rings. The molecular weight excluding hydrogens is 170 g/mol. The molecular formula is C8H13N3S. The molecule has 1 aromatic rings. The Hall–Kier alpha value is -0.900. The standard InChI is InChI=1S/C8H13N3S/c1-2-3-6(9)4-7-5-11-8(10)12-7/h5,9H,2-4H2,1H3,(H2,10,11). The third kappa shape index (κ3) is 2.62. The van der Waals surface area contributed by atoms with Crippen molar-refractivity contribution in [1.29, 1.82) is 5.41 Å². The van der Waals surface area contributed by atoms with Gasteiger partial charge in [-0.25, -0.2) is 4.98 Å². The first-order chi connectivity index (χ1) is 5.72. The minimum Gasteiger partial charge on any atom is -0.375 e. The number of nitrogens with one attached hydrogen (secondary N) is 1.